The number of aliphatic imine (C=N–C) groups is 1. The molecule has 1 amide bonds. The van der Waals surface area contributed by atoms with E-state index in [2.05, 4.69) is 72.2 Å². The highest BCUT2D eigenvalue weighted by atomic mass is 16.2. The van der Waals surface area contributed by atoms with Crippen LogP contribution >= 0.6 is 0 Å². The quantitative estimate of drug-likeness (QED) is 0.569. The van der Waals surface area contributed by atoms with Gasteiger partial charge < -0.3 is 20.0 Å². The summed E-state index contributed by atoms with van der Waals surface area (Å²) in [5, 5.41) is 3.44. The molecular formula is C23H38N6O. The van der Waals surface area contributed by atoms with Crippen molar-refractivity contribution in [3.8, 4) is 0 Å². The van der Waals surface area contributed by atoms with Crippen LogP contribution in [-0.4, -0.2) is 92.5 Å². The summed E-state index contributed by atoms with van der Waals surface area (Å²) in [6.45, 7) is 11.1. The smallest absolute Gasteiger partial charge is 0.239 e. The molecular weight excluding hydrogens is 376 g/mol. The van der Waals surface area contributed by atoms with E-state index >= 15 is 0 Å². The fourth-order valence-corrected chi connectivity index (χ4v) is 4.20. The highest BCUT2D eigenvalue weighted by molar-refractivity contribution is 5.82. The molecule has 2 fully saturated rings. The summed E-state index contributed by atoms with van der Waals surface area (Å²) in [5.74, 6) is 1.26. The molecule has 2 aliphatic heterocycles. The summed E-state index contributed by atoms with van der Waals surface area (Å²) in [4.78, 5) is 26.4. The van der Waals surface area contributed by atoms with Crippen LogP contribution in [0.2, 0.25) is 0 Å². The molecule has 30 heavy (non-hydrogen) atoms. The molecule has 166 valence electrons. The Labute approximate surface area is 181 Å². The van der Waals surface area contributed by atoms with Crippen LogP contribution < -0.4 is 10.2 Å². The summed E-state index contributed by atoms with van der Waals surface area (Å²) < 4.78 is 0. The third kappa shape index (κ3) is 5.65. The van der Waals surface area contributed by atoms with Gasteiger partial charge >= 0.3 is 0 Å². The van der Waals surface area contributed by atoms with E-state index < -0.39 is 0 Å². The van der Waals surface area contributed by atoms with Crippen LogP contribution in [0.15, 0.2) is 29.3 Å². The first kappa shape index (κ1) is 22.4. The number of nitrogens with zero attached hydrogens (tertiary/aromatic N) is 5. The molecule has 0 saturated carbocycles. The number of benzene rings is 1. The lowest BCUT2D eigenvalue weighted by atomic mass is 10.2. The van der Waals surface area contributed by atoms with Gasteiger partial charge in [0.05, 0.1) is 12.6 Å². The van der Waals surface area contributed by atoms with Gasteiger partial charge in [-0.15, -0.1) is 0 Å². The molecule has 0 aliphatic carbocycles. The molecule has 2 saturated heterocycles. The second-order valence-electron chi connectivity index (χ2n) is 8.47. The van der Waals surface area contributed by atoms with Crippen molar-refractivity contribution in [3.63, 3.8) is 0 Å². The number of amides is 1. The topological polar surface area (TPSA) is 54.4 Å². The van der Waals surface area contributed by atoms with Gasteiger partial charge in [0.1, 0.15) is 0 Å². The normalized spacial score (nSPS) is 19.1. The zero-order valence-corrected chi connectivity index (χ0v) is 19.1. The van der Waals surface area contributed by atoms with E-state index in [4.69, 9.17) is 4.99 Å². The molecule has 1 atom stereocenters. The molecule has 2 heterocycles. The number of rotatable bonds is 6. The van der Waals surface area contributed by atoms with Gasteiger partial charge in [-0.25, -0.2) is 4.99 Å². The molecule has 0 radical (unpaired) electrons. The van der Waals surface area contributed by atoms with Crippen molar-refractivity contribution in [3.05, 3.63) is 29.8 Å². The largest absolute Gasteiger partial charge is 0.378 e. The van der Waals surface area contributed by atoms with Gasteiger partial charge in [-0.2, -0.15) is 0 Å². The lowest BCUT2D eigenvalue weighted by molar-refractivity contribution is -0.135. The lowest BCUT2D eigenvalue weighted by Gasteiger charge is -2.39. The van der Waals surface area contributed by atoms with Gasteiger partial charge in [0.15, 0.2) is 5.96 Å². The summed E-state index contributed by atoms with van der Waals surface area (Å²) in [7, 11) is 4.11. The predicted molar refractivity (Wildman–Crippen MR) is 124 cm³/mol. The van der Waals surface area contributed by atoms with Gasteiger partial charge in [-0.1, -0.05) is 12.1 Å². The maximum Gasteiger partial charge on any atom is 0.239 e. The van der Waals surface area contributed by atoms with E-state index in [-0.39, 0.29) is 6.04 Å². The maximum atomic E-state index is 12.7. The Bertz CT molecular complexity index is 720. The summed E-state index contributed by atoms with van der Waals surface area (Å²) in [6.07, 6.45) is 2.29. The molecule has 0 aromatic heterocycles. The number of likely N-dealkylation sites (tertiary alicyclic amines) is 1. The standard InChI is InChI=1S/C23H38N6O/c1-5-24-23(25-18-20-9-8-10-21(17-20)26(3)4)29-15-13-27(14-16-29)19(2)22(30)28-11-6-7-12-28/h8-10,17,19H,5-7,11-16,18H2,1-4H3,(H,24,25). The third-order valence-electron chi connectivity index (χ3n) is 6.11. The van der Waals surface area contributed by atoms with E-state index in [1.165, 1.54) is 11.3 Å². The second kappa shape index (κ2) is 10.7. The average molecular weight is 415 g/mol. The van der Waals surface area contributed by atoms with Gasteiger partial charge in [0.2, 0.25) is 5.91 Å². The van der Waals surface area contributed by atoms with Gasteiger partial charge in [-0.05, 0) is 44.4 Å². The van der Waals surface area contributed by atoms with Crippen LogP contribution in [0.3, 0.4) is 0 Å². The molecule has 1 aromatic rings. The van der Waals surface area contributed by atoms with Crippen molar-refractivity contribution < 1.29 is 4.79 Å². The van der Waals surface area contributed by atoms with Crippen LogP contribution in [0.5, 0.6) is 0 Å². The minimum absolute atomic E-state index is 0.0291. The number of guanidine groups is 1. The van der Waals surface area contributed by atoms with Crippen molar-refractivity contribution in [1.82, 2.24) is 20.0 Å². The third-order valence-corrected chi connectivity index (χ3v) is 6.11. The SMILES string of the molecule is CCNC(=NCc1cccc(N(C)C)c1)N1CCN(C(C)C(=O)N2CCCC2)CC1. The Balaban J connectivity index is 1.57. The number of anilines is 1. The highest BCUT2D eigenvalue weighted by Crippen LogP contribution is 2.16. The zero-order chi connectivity index (χ0) is 21.5. The highest BCUT2D eigenvalue weighted by Gasteiger charge is 2.30. The Morgan fingerprint density at radius 2 is 1.80 bits per heavy atom. The second-order valence-corrected chi connectivity index (χ2v) is 8.47. The summed E-state index contributed by atoms with van der Waals surface area (Å²) in [5.41, 5.74) is 2.40. The number of nitrogens with one attached hydrogen (secondary N) is 1. The van der Waals surface area contributed by atoms with Crippen LogP contribution in [0.1, 0.15) is 32.3 Å². The van der Waals surface area contributed by atoms with E-state index in [1.54, 1.807) is 0 Å². The first-order chi connectivity index (χ1) is 14.5. The van der Waals surface area contributed by atoms with E-state index in [0.717, 1.165) is 64.6 Å². The van der Waals surface area contributed by atoms with E-state index in [1.807, 2.05) is 4.90 Å². The zero-order valence-electron chi connectivity index (χ0n) is 19.1. The minimum atomic E-state index is -0.0291. The minimum Gasteiger partial charge on any atom is -0.378 e. The van der Waals surface area contributed by atoms with Crippen molar-refractivity contribution in [2.45, 2.75) is 39.3 Å². The summed E-state index contributed by atoms with van der Waals surface area (Å²) in [6, 6.07) is 8.49. The van der Waals surface area contributed by atoms with Crippen LogP contribution in [0.25, 0.3) is 0 Å². The number of piperazine rings is 1. The Kier molecular flexibility index (Phi) is 7.96. The molecule has 0 spiro atoms. The van der Waals surface area contributed by atoms with Crippen molar-refractivity contribution in [2.75, 3.05) is 64.8 Å². The molecule has 1 unspecified atom stereocenters. The van der Waals surface area contributed by atoms with Crippen molar-refractivity contribution in [1.29, 1.82) is 0 Å². The first-order valence-electron chi connectivity index (χ1n) is 11.3. The fraction of sp³-hybridized carbons (Fsp3) is 0.652. The predicted octanol–water partition coefficient (Wildman–Crippen LogP) is 1.85. The van der Waals surface area contributed by atoms with Gasteiger partial charge in [0.25, 0.3) is 0 Å². The first-order valence-corrected chi connectivity index (χ1v) is 11.3. The number of hydrogen-bond donors (Lipinski definition) is 1. The maximum absolute atomic E-state index is 12.7. The van der Waals surface area contributed by atoms with Crippen LogP contribution in [-0.2, 0) is 11.3 Å². The monoisotopic (exact) mass is 414 g/mol. The Morgan fingerprint density at radius 1 is 1.10 bits per heavy atom. The van der Waals surface area contributed by atoms with Gasteiger partial charge in [-0.3, -0.25) is 9.69 Å². The molecule has 7 heteroatoms. The van der Waals surface area contributed by atoms with Crippen LogP contribution in [0, 0.1) is 0 Å². The molecule has 2 aliphatic rings. The molecule has 7 nitrogen and oxygen atoms in total. The number of carbonyl (C=O) groups excluding carboxylic acids is 1. The van der Waals surface area contributed by atoms with E-state index in [9.17, 15) is 4.79 Å². The fourth-order valence-electron chi connectivity index (χ4n) is 4.20. The Morgan fingerprint density at radius 3 is 2.43 bits per heavy atom. The number of hydrogen-bond acceptors (Lipinski definition) is 4. The van der Waals surface area contributed by atoms with Crippen molar-refractivity contribution >= 4 is 17.6 Å². The number of carbonyl (C=O) groups is 1. The molecule has 3 rings (SSSR count). The molecule has 1 N–H and O–H groups in total. The van der Waals surface area contributed by atoms with E-state index in [0.29, 0.717) is 12.5 Å². The molecule has 1 aromatic carbocycles. The van der Waals surface area contributed by atoms with Gasteiger partial charge in [0, 0.05) is 65.6 Å². The van der Waals surface area contributed by atoms with Crippen molar-refractivity contribution in [2.24, 2.45) is 4.99 Å². The average Bonchev–Trinajstić information content (AvgIpc) is 3.31. The molecule has 0 bridgehead atoms. The summed E-state index contributed by atoms with van der Waals surface area (Å²) >= 11 is 0. The lowest BCUT2D eigenvalue weighted by Crippen LogP contribution is -2.57. The van der Waals surface area contributed by atoms with Crippen LogP contribution in [0.4, 0.5) is 5.69 Å². The Hall–Kier alpha value is -2.28.